The van der Waals surface area contributed by atoms with Crippen LogP contribution in [0.2, 0.25) is 0 Å². The van der Waals surface area contributed by atoms with Gasteiger partial charge in [-0.1, -0.05) is 20.4 Å². The molecule has 2 spiro atoms. The molecule has 1 N–H and O–H groups in total. The van der Waals surface area contributed by atoms with Crippen LogP contribution in [-0.2, 0) is 47.6 Å². The molecule has 0 aromatic rings. The highest BCUT2D eigenvalue weighted by Crippen LogP contribution is 2.66. The molecule has 5 aliphatic rings. The molecule has 0 unspecified atom stereocenters. The fourth-order valence-corrected chi connectivity index (χ4v) is 7.90. The van der Waals surface area contributed by atoms with Gasteiger partial charge in [-0.2, -0.15) is 0 Å². The molecule has 11 nitrogen and oxygen atoms in total. The van der Waals surface area contributed by atoms with Crippen molar-refractivity contribution in [1.29, 1.82) is 0 Å². The van der Waals surface area contributed by atoms with Gasteiger partial charge in [-0.15, -0.1) is 11.6 Å². The highest BCUT2D eigenvalue weighted by Gasteiger charge is 2.80. The third-order valence-corrected chi connectivity index (χ3v) is 10.00. The molecule has 5 rings (SSSR count). The number of fused-ring (bicyclic) bond motifs is 3. The van der Waals surface area contributed by atoms with Crippen molar-refractivity contribution in [2.75, 3.05) is 6.61 Å². The average molecular weight is 571 g/mol. The summed E-state index contributed by atoms with van der Waals surface area (Å²) in [5.41, 5.74) is -3.90. The molecular formula is C27H35ClO11. The molecule has 0 aromatic heterocycles. The Labute approximate surface area is 231 Å². The van der Waals surface area contributed by atoms with E-state index in [1.54, 1.807) is 20.8 Å². The first-order chi connectivity index (χ1) is 18.2. The van der Waals surface area contributed by atoms with Gasteiger partial charge in [0.15, 0.2) is 17.5 Å². The van der Waals surface area contributed by atoms with Crippen LogP contribution in [0.15, 0.2) is 12.2 Å². The zero-order valence-corrected chi connectivity index (χ0v) is 23.4. The minimum Gasteiger partial charge on any atom is -0.462 e. The van der Waals surface area contributed by atoms with Crippen molar-refractivity contribution in [2.45, 2.75) is 107 Å². The predicted octanol–water partition coefficient (Wildman–Crippen LogP) is 1.94. The summed E-state index contributed by atoms with van der Waals surface area (Å²) in [5, 5.41) is 11.0. The molecule has 4 saturated heterocycles. The molecule has 1 saturated carbocycles. The normalized spacial score (nSPS) is 48.1. The molecule has 1 aliphatic carbocycles. The minimum absolute atomic E-state index is 0.00472. The van der Waals surface area contributed by atoms with Crippen LogP contribution in [0.5, 0.6) is 0 Å². The number of aliphatic hydroxyl groups is 1. The SMILES string of the molecule is C=C1[C@H](Cl)[C@H]2OC(=O)[C@H](C)[C@@]23O[C@@]1(O)C[C@H](OC(=O)CC)[C@@]1(C)[C@@H](OC(C)=O)CC[C@]2(CO2)[C@@H]1[C@@H]3OC(C)=O. The first-order valence-electron chi connectivity index (χ1n) is 13.3. The molecule has 0 amide bonds. The maximum Gasteiger partial charge on any atom is 0.312 e. The van der Waals surface area contributed by atoms with Gasteiger partial charge in [-0.3, -0.25) is 19.2 Å². The van der Waals surface area contributed by atoms with E-state index in [4.69, 9.17) is 40.0 Å². The van der Waals surface area contributed by atoms with Crippen LogP contribution < -0.4 is 0 Å². The molecule has 4 aliphatic heterocycles. The van der Waals surface area contributed by atoms with E-state index in [-0.39, 0.29) is 25.0 Å². The summed E-state index contributed by atoms with van der Waals surface area (Å²) in [4.78, 5) is 50.9. The molecular weight excluding hydrogens is 536 g/mol. The Kier molecular flexibility index (Phi) is 6.65. The Balaban J connectivity index is 1.81. The Morgan fingerprint density at radius 1 is 1.15 bits per heavy atom. The lowest BCUT2D eigenvalue weighted by Crippen LogP contribution is -2.76. The summed E-state index contributed by atoms with van der Waals surface area (Å²) >= 11 is 6.82. The molecule has 2 bridgehead atoms. The first kappa shape index (κ1) is 28.3. The fraction of sp³-hybridized carbons (Fsp3) is 0.778. The van der Waals surface area contributed by atoms with E-state index in [1.165, 1.54) is 13.8 Å². The van der Waals surface area contributed by atoms with E-state index in [1.807, 2.05) is 0 Å². The van der Waals surface area contributed by atoms with Crippen molar-refractivity contribution in [3.05, 3.63) is 12.2 Å². The lowest BCUT2D eigenvalue weighted by molar-refractivity contribution is -0.353. The Morgan fingerprint density at radius 3 is 2.36 bits per heavy atom. The van der Waals surface area contributed by atoms with Gasteiger partial charge in [0.05, 0.1) is 28.9 Å². The number of hydrogen-bond donors (Lipinski definition) is 1. The van der Waals surface area contributed by atoms with Gasteiger partial charge in [-0.05, 0) is 19.8 Å². The smallest absolute Gasteiger partial charge is 0.312 e. The summed E-state index contributed by atoms with van der Waals surface area (Å²) < 4.78 is 36.1. The minimum atomic E-state index is -2.22. The number of hydrogen-bond acceptors (Lipinski definition) is 11. The van der Waals surface area contributed by atoms with Gasteiger partial charge in [-0.25, -0.2) is 0 Å². The molecule has 11 atom stereocenters. The molecule has 0 radical (unpaired) electrons. The third-order valence-electron chi connectivity index (χ3n) is 9.51. The van der Waals surface area contributed by atoms with Crippen molar-refractivity contribution in [3.8, 4) is 0 Å². The number of carbonyl (C=O) groups excluding carboxylic acids is 4. The maximum absolute atomic E-state index is 13.1. The predicted molar refractivity (Wildman–Crippen MR) is 132 cm³/mol. The number of rotatable bonds is 4. The van der Waals surface area contributed by atoms with Crippen molar-refractivity contribution in [3.63, 3.8) is 0 Å². The Bertz CT molecular complexity index is 1120. The van der Waals surface area contributed by atoms with Gasteiger partial charge in [0.2, 0.25) is 0 Å². The summed E-state index contributed by atoms with van der Waals surface area (Å²) in [6.45, 7) is 11.7. The van der Waals surface area contributed by atoms with E-state index >= 15 is 0 Å². The second kappa shape index (κ2) is 9.15. The fourth-order valence-electron chi connectivity index (χ4n) is 7.48. The zero-order valence-electron chi connectivity index (χ0n) is 22.7. The van der Waals surface area contributed by atoms with Gasteiger partial charge < -0.3 is 33.5 Å². The maximum atomic E-state index is 13.1. The highest BCUT2D eigenvalue weighted by molar-refractivity contribution is 6.23. The lowest BCUT2D eigenvalue weighted by Gasteiger charge is -2.62. The molecule has 4 heterocycles. The first-order valence-corrected chi connectivity index (χ1v) is 13.7. The van der Waals surface area contributed by atoms with Crippen LogP contribution in [-0.4, -0.2) is 82.4 Å². The molecule has 12 heteroatoms. The summed E-state index contributed by atoms with van der Waals surface area (Å²) in [6, 6.07) is 0. The van der Waals surface area contributed by atoms with E-state index < -0.39 is 87.9 Å². The second-order valence-corrected chi connectivity index (χ2v) is 12.1. The number of epoxide rings is 1. The van der Waals surface area contributed by atoms with E-state index in [2.05, 4.69) is 6.58 Å². The molecule has 39 heavy (non-hydrogen) atoms. The van der Waals surface area contributed by atoms with Gasteiger partial charge in [0.25, 0.3) is 0 Å². The quantitative estimate of drug-likeness (QED) is 0.174. The van der Waals surface area contributed by atoms with Crippen molar-refractivity contribution >= 4 is 35.5 Å². The Morgan fingerprint density at radius 2 is 1.79 bits per heavy atom. The van der Waals surface area contributed by atoms with E-state index in [0.717, 1.165) is 0 Å². The van der Waals surface area contributed by atoms with Gasteiger partial charge in [0, 0.05) is 38.2 Å². The Hall–Kier alpha value is -2.21. The standard InChI is InChI=1S/C27H35ClO11/c1-7-18(31)37-17-10-26(33)12(2)19(28)21-27(39-26,13(3)23(32)38-21)22(36-15(5)30)20-24(17,6)16(35-14(4)29)8-9-25(20)11-34-25/h13,16-17,19-22,33H,2,7-11H2,1,3-6H3/t13-,16-,17-,19-,20+,21+,22-,24+,25-,26-,27+/m0/s1. The van der Waals surface area contributed by atoms with Crippen molar-refractivity contribution < 1.29 is 52.7 Å². The molecule has 0 aromatic carbocycles. The van der Waals surface area contributed by atoms with Crippen LogP contribution in [0.3, 0.4) is 0 Å². The van der Waals surface area contributed by atoms with Crippen molar-refractivity contribution in [1.82, 2.24) is 0 Å². The van der Waals surface area contributed by atoms with Crippen LogP contribution >= 0.6 is 11.6 Å². The average Bonchev–Trinajstić information content (AvgIpc) is 3.58. The summed E-state index contributed by atoms with van der Waals surface area (Å²) in [5.74, 6) is -6.50. The van der Waals surface area contributed by atoms with Gasteiger partial charge in [0.1, 0.15) is 18.3 Å². The van der Waals surface area contributed by atoms with E-state index in [0.29, 0.717) is 12.8 Å². The highest BCUT2D eigenvalue weighted by atomic mass is 35.5. The third kappa shape index (κ3) is 3.94. The van der Waals surface area contributed by atoms with Crippen molar-refractivity contribution in [2.24, 2.45) is 17.3 Å². The van der Waals surface area contributed by atoms with Crippen LogP contribution in [0.25, 0.3) is 0 Å². The number of ether oxygens (including phenoxy) is 6. The number of alkyl halides is 1. The monoisotopic (exact) mass is 570 g/mol. The second-order valence-electron chi connectivity index (χ2n) is 11.6. The van der Waals surface area contributed by atoms with Crippen LogP contribution in [0, 0.1) is 17.3 Å². The summed E-state index contributed by atoms with van der Waals surface area (Å²) in [7, 11) is 0. The topological polar surface area (TPSA) is 147 Å². The molecule has 216 valence electrons. The van der Waals surface area contributed by atoms with Gasteiger partial charge >= 0.3 is 23.9 Å². The zero-order chi connectivity index (χ0) is 28.7. The summed E-state index contributed by atoms with van der Waals surface area (Å²) in [6.07, 6.45) is -3.89. The largest absolute Gasteiger partial charge is 0.462 e. The van der Waals surface area contributed by atoms with Crippen LogP contribution in [0.1, 0.15) is 60.3 Å². The van der Waals surface area contributed by atoms with Crippen LogP contribution in [0.4, 0.5) is 0 Å². The lowest BCUT2D eigenvalue weighted by atomic mass is 9.51. The number of halogens is 1. The van der Waals surface area contributed by atoms with E-state index in [9.17, 15) is 24.3 Å². The number of carbonyl (C=O) groups is 4. The molecule has 5 fully saturated rings. The number of esters is 4.